The Kier molecular flexibility index (Phi) is 4.23. The number of carbonyl (C=O) groups is 1. The first-order valence-electron chi connectivity index (χ1n) is 6.92. The van der Waals surface area contributed by atoms with E-state index < -0.39 is 0 Å². The largest absolute Gasteiger partial charge is 0.344 e. The number of benzene rings is 1. The predicted molar refractivity (Wildman–Crippen MR) is 79.7 cm³/mol. The summed E-state index contributed by atoms with van der Waals surface area (Å²) in [7, 11) is 0. The van der Waals surface area contributed by atoms with Crippen LogP contribution in [0.5, 0.6) is 0 Å². The molecule has 0 aliphatic carbocycles. The van der Waals surface area contributed by atoms with Gasteiger partial charge in [-0.05, 0) is 45.4 Å². The highest BCUT2D eigenvalue weighted by molar-refractivity contribution is 5.96. The fourth-order valence-corrected chi connectivity index (χ4v) is 2.11. The van der Waals surface area contributed by atoms with Crippen LogP contribution >= 0.6 is 0 Å². The third-order valence-electron chi connectivity index (χ3n) is 3.41. The molecule has 4 heteroatoms. The summed E-state index contributed by atoms with van der Waals surface area (Å²) in [5.74, 6) is -0.0512. The lowest BCUT2D eigenvalue weighted by Crippen LogP contribution is -2.27. The van der Waals surface area contributed by atoms with E-state index in [-0.39, 0.29) is 11.9 Å². The number of carbonyl (C=O) groups excluding carboxylic acids is 1. The van der Waals surface area contributed by atoms with Crippen molar-refractivity contribution in [1.29, 1.82) is 0 Å². The molecule has 0 spiro atoms. The van der Waals surface area contributed by atoms with Gasteiger partial charge < -0.3 is 5.32 Å². The summed E-state index contributed by atoms with van der Waals surface area (Å²) < 4.78 is 1.86. The monoisotopic (exact) mass is 271 g/mol. The van der Waals surface area contributed by atoms with Gasteiger partial charge in [-0.1, -0.05) is 17.7 Å². The normalized spacial score (nSPS) is 12.2. The van der Waals surface area contributed by atoms with Crippen molar-refractivity contribution < 1.29 is 4.79 Å². The minimum absolute atomic E-state index is 0.0512. The summed E-state index contributed by atoms with van der Waals surface area (Å²) in [6.07, 6.45) is 1.93. The maximum absolute atomic E-state index is 12.3. The molecule has 0 fully saturated rings. The Labute approximate surface area is 119 Å². The molecule has 0 aliphatic heterocycles. The quantitative estimate of drug-likeness (QED) is 0.929. The third kappa shape index (κ3) is 3.07. The van der Waals surface area contributed by atoms with E-state index in [0.717, 1.165) is 28.9 Å². The van der Waals surface area contributed by atoms with Crippen LogP contribution in [0.15, 0.2) is 30.5 Å². The van der Waals surface area contributed by atoms with Gasteiger partial charge in [0, 0.05) is 18.3 Å². The summed E-state index contributed by atoms with van der Waals surface area (Å²) in [6, 6.07) is 7.74. The maximum atomic E-state index is 12.3. The van der Waals surface area contributed by atoms with Crippen LogP contribution in [0.2, 0.25) is 0 Å². The molecule has 0 aliphatic rings. The Morgan fingerprint density at radius 2 is 2.10 bits per heavy atom. The van der Waals surface area contributed by atoms with Crippen LogP contribution in [0.4, 0.5) is 0 Å². The zero-order valence-corrected chi connectivity index (χ0v) is 12.5. The minimum atomic E-state index is -0.102. The molecule has 0 saturated carbocycles. The van der Waals surface area contributed by atoms with Crippen LogP contribution in [0.25, 0.3) is 0 Å². The van der Waals surface area contributed by atoms with E-state index in [9.17, 15) is 4.79 Å². The number of hydrogen-bond acceptors (Lipinski definition) is 2. The lowest BCUT2D eigenvalue weighted by atomic mass is 10.0. The number of hydrogen-bond donors (Lipinski definition) is 1. The Hall–Kier alpha value is -2.10. The van der Waals surface area contributed by atoms with E-state index in [2.05, 4.69) is 10.4 Å². The second kappa shape index (κ2) is 5.90. The molecule has 1 heterocycles. The molecule has 106 valence electrons. The zero-order valence-electron chi connectivity index (χ0n) is 12.5. The number of nitrogens with zero attached hydrogens (tertiary/aromatic N) is 2. The lowest BCUT2D eigenvalue weighted by molar-refractivity contribution is 0.0938. The molecule has 1 unspecified atom stereocenters. The van der Waals surface area contributed by atoms with Gasteiger partial charge in [0.2, 0.25) is 0 Å². The molecule has 0 saturated heterocycles. The summed E-state index contributed by atoms with van der Waals surface area (Å²) in [6.45, 7) is 8.76. The molecular formula is C16H21N3O. The molecular weight excluding hydrogens is 250 g/mol. The van der Waals surface area contributed by atoms with E-state index in [1.165, 1.54) is 0 Å². The van der Waals surface area contributed by atoms with Crippen LogP contribution in [-0.2, 0) is 6.54 Å². The zero-order chi connectivity index (χ0) is 14.7. The van der Waals surface area contributed by atoms with Crippen LogP contribution in [-0.4, -0.2) is 15.7 Å². The first kappa shape index (κ1) is 14.3. The van der Waals surface area contributed by atoms with Gasteiger partial charge in [0.1, 0.15) is 0 Å². The highest BCUT2D eigenvalue weighted by Gasteiger charge is 2.15. The standard InChI is InChI=1S/C16H21N3O/c1-5-19-9-8-15(18-19)13(4)17-16(20)14-10-11(2)6-7-12(14)3/h6-10,13H,5H2,1-4H3,(H,17,20). The van der Waals surface area contributed by atoms with E-state index in [1.807, 2.05) is 62.8 Å². The summed E-state index contributed by atoms with van der Waals surface area (Å²) in [5.41, 5.74) is 3.68. The Balaban J connectivity index is 2.12. The van der Waals surface area contributed by atoms with Crippen molar-refractivity contribution in [2.75, 3.05) is 0 Å². The number of aryl methyl sites for hydroxylation is 3. The first-order chi connectivity index (χ1) is 9.51. The van der Waals surface area contributed by atoms with Gasteiger partial charge in [0.05, 0.1) is 11.7 Å². The number of aromatic nitrogens is 2. The van der Waals surface area contributed by atoms with Gasteiger partial charge in [-0.3, -0.25) is 9.48 Å². The van der Waals surface area contributed by atoms with Crippen LogP contribution in [0.1, 0.15) is 47.1 Å². The number of nitrogens with one attached hydrogen (secondary N) is 1. The van der Waals surface area contributed by atoms with Crippen molar-refractivity contribution in [2.45, 2.75) is 40.3 Å². The highest BCUT2D eigenvalue weighted by Crippen LogP contribution is 2.14. The third-order valence-corrected chi connectivity index (χ3v) is 3.41. The molecule has 1 atom stereocenters. The van der Waals surface area contributed by atoms with Crippen molar-refractivity contribution in [3.05, 3.63) is 52.8 Å². The molecule has 1 amide bonds. The molecule has 4 nitrogen and oxygen atoms in total. The molecule has 0 radical (unpaired) electrons. The summed E-state index contributed by atoms with van der Waals surface area (Å²) >= 11 is 0. The van der Waals surface area contributed by atoms with Gasteiger partial charge in [-0.25, -0.2) is 0 Å². The van der Waals surface area contributed by atoms with Crippen molar-refractivity contribution in [3.63, 3.8) is 0 Å². The predicted octanol–water partition coefficient (Wildman–Crippen LogP) is 3.01. The minimum Gasteiger partial charge on any atom is -0.344 e. The Morgan fingerprint density at radius 3 is 2.75 bits per heavy atom. The van der Waals surface area contributed by atoms with E-state index in [1.54, 1.807) is 0 Å². The summed E-state index contributed by atoms with van der Waals surface area (Å²) in [5, 5.41) is 7.42. The van der Waals surface area contributed by atoms with Crippen molar-refractivity contribution in [2.24, 2.45) is 0 Å². The lowest BCUT2D eigenvalue weighted by Gasteiger charge is -2.13. The van der Waals surface area contributed by atoms with E-state index in [0.29, 0.717) is 0 Å². The van der Waals surface area contributed by atoms with E-state index in [4.69, 9.17) is 0 Å². The maximum Gasteiger partial charge on any atom is 0.252 e. The van der Waals surface area contributed by atoms with Crippen LogP contribution in [0, 0.1) is 13.8 Å². The second-order valence-corrected chi connectivity index (χ2v) is 5.11. The molecule has 1 N–H and O–H groups in total. The van der Waals surface area contributed by atoms with E-state index >= 15 is 0 Å². The average molecular weight is 271 g/mol. The topological polar surface area (TPSA) is 46.9 Å². The second-order valence-electron chi connectivity index (χ2n) is 5.11. The van der Waals surface area contributed by atoms with Crippen LogP contribution in [0.3, 0.4) is 0 Å². The Morgan fingerprint density at radius 1 is 1.35 bits per heavy atom. The van der Waals surface area contributed by atoms with Crippen molar-refractivity contribution in [1.82, 2.24) is 15.1 Å². The van der Waals surface area contributed by atoms with Gasteiger partial charge in [0.25, 0.3) is 5.91 Å². The number of amides is 1. The highest BCUT2D eigenvalue weighted by atomic mass is 16.1. The molecule has 2 rings (SSSR count). The van der Waals surface area contributed by atoms with Gasteiger partial charge >= 0.3 is 0 Å². The molecule has 1 aromatic heterocycles. The first-order valence-corrected chi connectivity index (χ1v) is 6.92. The molecule has 0 bridgehead atoms. The smallest absolute Gasteiger partial charge is 0.252 e. The van der Waals surface area contributed by atoms with Crippen LogP contribution < -0.4 is 5.32 Å². The molecule has 20 heavy (non-hydrogen) atoms. The van der Waals surface area contributed by atoms with Crippen molar-refractivity contribution >= 4 is 5.91 Å². The Bertz CT molecular complexity index is 616. The van der Waals surface area contributed by atoms with Crippen molar-refractivity contribution in [3.8, 4) is 0 Å². The molecule has 1 aromatic carbocycles. The fourth-order valence-electron chi connectivity index (χ4n) is 2.11. The molecule has 2 aromatic rings. The average Bonchev–Trinajstić information content (AvgIpc) is 2.90. The SMILES string of the molecule is CCn1ccc(C(C)NC(=O)c2cc(C)ccc2C)n1. The number of rotatable bonds is 4. The summed E-state index contributed by atoms with van der Waals surface area (Å²) in [4.78, 5) is 12.3. The van der Waals surface area contributed by atoms with Gasteiger partial charge in [-0.15, -0.1) is 0 Å². The van der Waals surface area contributed by atoms with Gasteiger partial charge in [0.15, 0.2) is 0 Å². The van der Waals surface area contributed by atoms with Gasteiger partial charge in [-0.2, -0.15) is 5.10 Å². The fraction of sp³-hybridized carbons (Fsp3) is 0.375.